The van der Waals surface area contributed by atoms with Gasteiger partial charge in [-0.25, -0.2) is 12.8 Å². The maximum atomic E-state index is 13.3. The third kappa shape index (κ3) is 4.54. The van der Waals surface area contributed by atoms with Gasteiger partial charge in [-0.2, -0.15) is 0 Å². The third-order valence-electron chi connectivity index (χ3n) is 4.79. The van der Waals surface area contributed by atoms with E-state index in [2.05, 4.69) is 21.4 Å². The zero-order valence-corrected chi connectivity index (χ0v) is 16.9. The average Bonchev–Trinajstić information content (AvgIpc) is 2.61. The summed E-state index contributed by atoms with van der Waals surface area (Å²) in [7, 11) is -3.87. The molecule has 5 nitrogen and oxygen atoms in total. The summed E-state index contributed by atoms with van der Waals surface area (Å²) >= 11 is 6.12. The van der Waals surface area contributed by atoms with E-state index >= 15 is 0 Å². The van der Waals surface area contributed by atoms with E-state index in [-0.39, 0.29) is 4.90 Å². The van der Waals surface area contributed by atoms with Crippen LogP contribution in [0.25, 0.3) is 0 Å². The van der Waals surface area contributed by atoms with Crippen LogP contribution in [0.3, 0.4) is 0 Å². The zero-order valence-electron chi connectivity index (χ0n) is 15.4. The van der Waals surface area contributed by atoms with E-state index in [9.17, 15) is 12.8 Å². The number of halogens is 2. The largest absolute Gasteiger partial charge is 0.367 e. The summed E-state index contributed by atoms with van der Waals surface area (Å²) in [5.74, 6) is -0.469. The Kier molecular flexibility index (Phi) is 5.93. The van der Waals surface area contributed by atoms with Gasteiger partial charge in [-0.3, -0.25) is 4.72 Å². The zero-order chi connectivity index (χ0) is 19.6. The van der Waals surface area contributed by atoms with Crippen LogP contribution in [0, 0.1) is 12.7 Å². The van der Waals surface area contributed by atoms with E-state index in [1.54, 1.807) is 19.1 Å². The number of sulfonamides is 1. The van der Waals surface area contributed by atoms with Crippen LogP contribution in [0.15, 0.2) is 41.3 Å². The van der Waals surface area contributed by atoms with Crippen molar-refractivity contribution in [3.63, 3.8) is 0 Å². The molecule has 1 aliphatic heterocycles. The van der Waals surface area contributed by atoms with Gasteiger partial charge in [0.15, 0.2) is 0 Å². The molecule has 0 amide bonds. The summed E-state index contributed by atoms with van der Waals surface area (Å²) in [4.78, 5) is 4.54. The van der Waals surface area contributed by atoms with Crippen molar-refractivity contribution in [1.82, 2.24) is 4.90 Å². The Morgan fingerprint density at radius 3 is 2.44 bits per heavy atom. The first kappa shape index (κ1) is 19.9. The van der Waals surface area contributed by atoms with Crippen molar-refractivity contribution >= 4 is 33.0 Å². The molecule has 0 atom stereocenters. The second-order valence-corrected chi connectivity index (χ2v) is 8.69. The lowest BCUT2D eigenvalue weighted by atomic mass is 10.2. The minimum Gasteiger partial charge on any atom is -0.367 e. The number of benzene rings is 2. The molecule has 2 aromatic carbocycles. The topological polar surface area (TPSA) is 52.6 Å². The third-order valence-corrected chi connectivity index (χ3v) is 6.55. The highest BCUT2D eigenvalue weighted by Crippen LogP contribution is 2.32. The van der Waals surface area contributed by atoms with E-state index in [1.165, 1.54) is 12.1 Å². The second-order valence-electron chi connectivity index (χ2n) is 6.60. The number of anilines is 2. The van der Waals surface area contributed by atoms with Crippen LogP contribution in [-0.2, 0) is 10.0 Å². The molecular weight excluding hydrogens is 389 g/mol. The van der Waals surface area contributed by atoms with Gasteiger partial charge in [-0.1, -0.05) is 18.5 Å². The Hall–Kier alpha value is -1.83. The molecule has 2 aromatic rings. The summed E-state index contributed by atoms with van der Waals surface area (Å²) in [6.07, 6.45) is 0. The van der Waals surface area contributed by atoms with Crippen molar-refractivity contribution in [2.75, 3.05) is 42.3 Å². The smallest absolute Gasteiger partial charge is 0.262 e. The van der Waals surface area contributed by atoms with Crippen molar-refractivity contribution < 1.29 is 12.8 Å². The van der Waals surface area contributed by atoms with Crippen molar-refractivity contribution in [1.29, 1.82) is 0 Å². The number of rotatable bonds is 5. The molecule has 8 heteroatoms. The summed E-state index contributed by atoms with van der Waals surface area (Å²) in [6, 6.07) is 8.82. The molecule has 0 radical (unpaired) electrons. The van der Waals surface area contributed by atoms with E-state index in [0.717, 1.165) is 44.5 Å². The molecule has 146 valence electrons. The fraction of sp³-hybridized carbons (Fsp3) is 0.368. The number of likely N-dealkylation sites (N-methyl/N-ethyl adjacent to an activating group) is 1. The molecule has 27 heavy (non-hydrogen) atoms. The van der Waals surface area contributed by atoms with Gasteiger partial charge in [0.1, 0.15) is 5.82 Å². The molecule has 0 aromatic heterocycles. The first-order chi connectivity index (χ1) is 12.8. The van der Waals surface area contributed by atoms with Crippen LogP contribution in [0.5, 0.6) is 0 Å². The first-order valence-electron chi connectivity index (χ1n) is 8.86. The van der Waals surface area contributed by atoms with Gasteiger partial charge in [0.2, 0.25) is 0 Å². The molecule has 0 aliphatic carbocycles. The summed E-state index contributed by atoms with van der Waals surface area (Å²) in [5.41, 5.74) is 1.57. The molecule has 1 aliphatic rings. The number of aryl methyl sites for hydroxylation is 1. The average molecular weight is 412 g/mol. The van der Waals surface area contributed by atoms with Crippen LogP contribution >= 0.6 is 11.6 Å². The van der Waals surface area contributed by atoms with E-state index < -0.39 is 15.8 Å². The lowest BCUT2D eigenvalue weighted by molar-refractivity contribution is 0.271. The minimum absolute atomic E-state index is 0.0469. The van der Waals surface area contributed by atoms with Crippen molar-refractivity contribution in [3.05, 3.63) is 52.8 Å². The predicted molar refractivity (Wildman–Crippen MR) is 108 cm³/mol. The molecule has 0 saturated carbocycles. The predicted octanol–water partition coefficient (Wildman–Crippen LogP) is 3.73. The molecule has 1 saturated heterocycles. The fourth-order valence-corrected chi connectivity index (χ4v) is 4.75. The molecular formula is C19H23ClFN3O2S. The molecule has 3 rings (SSSR count). The highest BCUT2D eigenvalue weighted by molar-refractivity contribution is 7.92. The van der Waals surface area contributed by atoms with Crippen molar-refractivity contribution in [2.24, 2.45) is 0 Å². The quantitative estimate of drug-likeness (QED) is 0.814. The SMILES string of the molecule is CCN1CCN(c2ccc(Cl)cc2NS(=O)(=O)c2ccc(F)cc2C)CC1. The number of piperazine rings is 1. The van der Waals surface area contributed by atoms with Crippen LogP contribution in [0.1, 0.15) is 12.5 Å². The summed E-state index contributed by atoms with van der Waals surface area (Å²) in [5, 5.41) is 0.444. The molecule has 0 unspecified atom stereocenters. The molecule has 0 spiro atoms. The Morgan fingerprint density at radius 1 is 1.11 bits per heavy atom. The standard InChI is InChI=1S/C19H23ClFN3O2S/c1-3-23-8-10-24(11-9-23)18-6-4-15(20)13-17(18)22-27(25,26)19-7-5-16(21)12-14(19)2/h4-7,12-13,22H,3,8-11H2,1-2H3. The van der Waals surface area contributed by atoms with E-state index in [0.29, 0.717) is 16.3 Å². The highest BCUT2D eigenvalue weighted by atomic mass is 35.5. The van der Waals surface area contributed by atoms with Gasteiger partial charge < -0.3 is 9.80 Å². The fourth-order valence-electron chi connectivity index (χ4n) is 3.28. The van der Waals surface area contributed by atoms with Gasteiger partial charge in [0.05, 0.1) is 16.3 Å². The van der Waals surface area contributed by atoms with Gasteiger partial charge >= 0.3 is 0 Å². The Balaban J connectivity index is 1.91. The van der Waals surface area contributed by atoms with Crippen LogP contribution < -0.4 is 9.62 Å². The van der Waals surface area contributed by atoms with Gasteiger partial charge in [-0.15, -0.1) is 0 Å². The van der Waals surface area contributed by atoms with Crippen molar-refractivity contribution in [2.45, 2.75) is 18.7 Å². The number of nitrogens with zero attached hydrogens (tertiary/aromatic N) is 2. The second kappa shape index (κ2) is 8.04. The van der Waals surface area contributed by atoms with E-state index in [1.807, 2.05) is 6.07 Å². The lowest BCUT2D eigenvalue weighted by Gasteiger charge is -2.36. The van der Waals surface area contributed by atoms with Crippen LogP contribution in [0.4, 0.5) is 15.8 Å². The van der Waals surface area contributed by atoms with Crippen LogP contribution in [0.2, 0.25) is 5.02 Å². The summed E-state index contributed by atoms with van der Waals surface area (Å²) < 4.78 is 41.7. The number of hydrogen-bond donors (Lipinski definition) is 1. The first-order valence-corrected chi connectivity index (χ1v) is 10.7. The van der Waals surface area contributed by atoms with Crippen molar-refractivity contribution in [3.8, 4) is 0 Å². The Bertz CT molecular complexity index is 929. The Morgan fingerprint density at radius 2 is 1.81 bits per heavy atom. The van der Waals surface area contributed by atoms with Gasteiger partial charge in [-0.05, 0) is 55.4 Å². The maximum Gasteiger partial charge on any atom is 0.262 e. The van der Waals surface area contributed by atoms with Gasteiger partial charge in [0.25, 0.3) is 10.0 Å². The van der Waals surface area contributed by atoms with Crippen LogP contribution in [-0.4, -0.2) is 46.0 Å². The highest BCUT2D eigenvalue weighted by Gasteiger charge is 2.23. The molecule has 1 N–H and O–H groups in total. The molecule has 0 bridgehead atoms. The minimum atomic E-state index is -3.87. The Labute approximate surface area is 164 Å². The lowest BCUT2D eigenvalue weighted by Crippen LogP contribution is -2.46. The monoisotopic (exact) mass is 411 g/mol. The summed E-state index contributed by atoms with van der Waals surface area (Å²) in [6.45, 7) is 8.14. The maximum absolute atomic E-state index is 13.3. The molecule has 1 fully saturated rings. The normalized spacial score (nSPS) is 15.8. The number of hydrogen-bond acceptors (Lipinski definition) is 4. The van der Waals surface area contributed by atoms with E-state index in [4.69, 9.17) is 11.6 Å². The van der Waals surface area contributed by atoms with Gasteiger partial charge in [0, 0.05) is 31.2 Å². The number of nitrogens with one attached hydrogen (secondary N) is 1. The molecule has 1 heterocycles.